The van der Waals surface area contributed by atoms with E-state index in [0.717, 1.165) is 25.1 Å². The Hall–Kier alpha value is -2.81. The van der Waals surface area contributed by atoms with Crippen molar-refractivity contribution in [2.45, 2.75) is 44.7 Å². The molecule has 2 fully saturated rings. The lowest BCUT2D eigenvalue weighted by Gasteiger charge is -2.42. The van der Waals surface area contributed by atoms with Gasteiger partial charge in [0.05, 0.1) is 11.5 Å². The fourth-order valence-corrected chi connectivity index (χ4v) is 5.14. The number of aromatic nitrogens is 1. The van der Waals surface area contributed by atoms with Crippen LogP contribution in [-0.2, 0) is 4.79 Å². The van der Waals surface area contributed by atoms with Crippen LogP contribution >= 0.6 is 0 Å². The lowest BCUT2D eigenvalue weighted by Crippen LogP contribution is -2.57. The minimum Gasteiger partial charge on any atom is -0.355 e. The summed E-state index contributed by atoms with van der Waals surface area (Å²) in [7, 11) is 3.44. The van der Waals surface area contributed by atoms with Crippen molar-refractivity contribution in [3.8, 4) is 11.3 Å². The van der Waals surface area contributed by atoms with Gasteiger partial charge in [-0.05, 0) is 37.3 Å². The molecule has 1 aliphatic heterocycles. The molecule has 4 rings (SSSR count). The van der Waals surface area contributed by atoms with Gasteiger partial charge in [0.15, 0.2) is 11.5 Å². The van der Waals surface area contributed by atoms with Gasteiger partial charge < -0.3 is 14.7 Å². The molecule has 33 heavy (non-hydrogen) atoms. The molecule has 2 heterocycles. The molecule has 178 valence electrons. The second kappa shape index (κ2) is 9.59. The molecule has 1 aromatic heterocycles. The molecule has 1 aliphatic carbocycles. The Balaban J connectivity index is 1.48. The number of halogens is 2. The third-order valence-electron chi connectivity index (χ3n) is 6.94. The Labute approximate surface area is 192 Å². The Morgan fingerprint density at radius 2 is 1.97 bits per heavy atom. The Morgan fingerprint density at radius 1 is 1.18 bits per heavy atom. The number of nitrogens with zero attached hydrogens (tertiary/aromatic N) is 3. The number of rotatable bonds is 5. The SMILES string of the molecule is C[C@@H]1CCC[C@@H]1N1CC[C@H](NC(=O)c2cc(-c3ccc(F)cc3F)on2)[C@@H](C(=O)N(C)C)C1. The maximum Gasteiger partial charge on any atom is 0.273 e. The lowest BCUT2D eigenvalue weighted by atomic mass is 9.88. The molecule has 2 aromatic rings. The van der Waals surface area contributed by atoms with Gasteiger partial charge in [-0.25, -0.2) is 8.78 Å². The first kappa shape index (κ1) is 23.4. The van der Waals surface area contributed by atoms with Crippen molar-refractivity contribution in [1.82, 2.24) is 20.3 Å². The average Bonchev–Trinajstić information content (AvgIpc) is 3.43. The van der Waals surface area contributed by atoms with Gasteiger partial charge in [-0.3, -0.25) is 14.5 Å². The number of benzene rings is 1. The van der Waals surface area contributed by atoms with Crippen LogP contribution in [0.2, 0.25) is 0 Å². The topological polar surface area (TPSA) is 78.7 Å². The zero-order valence-corrected chi connectivity index (χ0v) is 19.2. The number of carbonyl (C=O) groups is 2. The fraction of sp³-hybridized carbons (Fsp3) is 0.542. The van der Waals surface area contributed by atoms with E-state index in [1.165, 1.54) is 25.0 Å². The number of piperidine rings is 1. The first-order chi connectivity index (χ1) is 15.7. The van der Waals surface area contributed by atoms with Gasteiger partial charge >= 0.3 is 0 Å². The third kappa shape index (κ3) is 4.93. The minimum absolute atomic E-state index is 0.0163. The van der Waals surface area contributed by atoms with Gasteiger partial charge in [-0.2, -0.15) is 0 Å². The highest BCUT2D eigenvalue weighted by molar-refractivity contribution is 5.94. The molecule has 9 heteroatoms. The number of likely N-dealkylation sites (tertiary alicyclic amines) is 1. The molecule has 1 saturated heterocycles. The normalized spacial score (nSPS) is 25.7. The standard InChI is InChI=1S/C24H30F2N4O3/c1-14-5-4-6-21(14)30-10-9-19(17(13-30)24(32)29(2)3)27-23(31)20-12-22(33-28-20)16-8-7-15(25)11-18(16)26/h7-8,11-12,14,17,19,21H,4-6,9-10,13H2,1-3H3,(H,27,31)/t14-,17+,19+,21+/m1/s1. The number of carbonyl (C=O) groups excluding carboxylic acids is 2. The molecule has 4 atom stereocenters. The maximum atomic E-state index is 14.1. The summed E-state index contributed by atoms with van der Waals surface area (Å²) in [6.45, 7) is 3.67. The highest BCUT2D eigenvalue weighted by Gasteiger charge is 2.40. The van der Waals surface area contributed by atoms with E-state index in [1.54, 1.807) is 19.0 Å². The molecule has 0 unspecified atom stereocenters. The predicted molar refractivity (Wildman–Crippen MR) is 118 cm³/mol. The van der Waals surface area contributed by atoms with E-state index in [4.69, 9.17) is 4.52 Å². The molecule has 0 radical (unpaired) electrons. The molecule has 1 N–H and O–H groups in total. The fourth-order valence-electron chi connectivity index (χ4n) is 5.14. The lowest BCUT2D eigenvalue weighted by molar-refractivity contribution is -0.136. The van der Waals surface area contributed by atoms with Crippen molar-refractivity contribution < 1.29 is 22.9 Å². The maximum absolute atomic E-state index is 14.1. The van der Waals surface area contributed by atoms with Gasteiger partial charge in [-0.15, -0.1) is 0 Å². The number of hydrogen-bond donors (Lipinski definition) is 1. The molecule has 1 saturated carbocycles. The van der Waals surface area contributed by atoms with Crippen molar-refractivity contribution in [3.63, 3.8) is 0 Å². The first-order valence-corrected chi connectivity index (χ1v) is 11.4. The van der Waals surface area contributed by atoms with Gasteiger partial charge in [0.1, 0.15) is 11.6 Å². The molecule has 0 bridgehead atoms. The van der Waals surface area contributed by atoms with E-state index in [-0.39, 0.29) is 34.9 Å². The first-order valence-electron chi connectivity index (χ1n) is 11.4. The van der Waals surface area contributed by atoms with Crippen molar-refractivity contribution >= 4 is 11.8 Å². The minimum atomic E-state index is -0.803. The van der Waals surface area contributed by atoms with Crippen LogP contribution in [0, 0.1) is 23.5 Å². The summed E-state index contributed by atoms with van der Waals surface area (Å²) in [4.78, 5) is 29.8. The molecule has 1 aromatic carbocycles. The number of amides is 2. The predicted octanol–water partition coefficient (Wildman–Crippen LogP) is 3.32. The number of hydrogen-bond acceptors (Lipinski definition) is 5. The van der Waals surface area contributed by atoms with Gasteiger partial charge in [0.2, 0.25) is 5.91 Å². The second-order valence-electron chi connectivity index (χ2n) is 9.38. The Kier molecular flexibility index (Phi) is 6.78. The second-order valence-corrected chi connectivity index (χ2v) is 9.38. The van der Waals surface area contributed by atoms with Crippen molar-refractivity contribution in [2.75, 3.05) is 27.2 Å². The zero-order valence-electron chi connectivity index (χ0n) is 19.2. The molecule has 7 nitrogen and oxygen atoms in total. The van der Waals surface area contributed by atoms with E-state index in [1.807, 2.05) is 0 Å². The van der Waals surface area contributed by atoms with Crippen LogP contribution in [0.25, 0.3) is 11.3 Å². The Bertz CT molecular complexity index is 1020. The molecule has 0 spiro atoms. The number of nitrogens with one attached hydrogen (secondary N) is 1. The van der Waals surface area contributed by atoms with Crippen LogP contribution in [0.1, 0.15) is 43.1 Å². The van der Waals surface area contributed by atoms with Gasteiger partial charge in [0.25, 0.3) is 5.91 Å². The van der Waals surface area contributed by atoms with Gasteiger partial charge in [0, 0.05) is 51.4 Å². The smallest absolute Gasteiger partial charge is 0.273 e. The molecular formula is C24H30F2N4O3. The monoisotopic (exact) mass is 460 g/mol. The highest BCUT2D eigenvalue weighted by Crippen LogP contribution is 2.33. The van der Waals surface area contributed by atoms with Crippen LogP contribution < -0.4 is 5.32 Å². The van der Waals surface area contributed by atoms with Crippen molar-refractivity contribution in [3.05, 3.63) is 41.6 Å². The van der Waals surface area contributed by atoms with Crippen molar-refractivity contribution in [2.24, 2.45) is 11.8 Å². The summed E-state index contributed by atoms with van der Waals surface area (Å²) in [6.07, 6.45) is 4.20. The summed E-state index contributed by atoms with van der Waals surface area (Å²) in [5.41, 5.74) is -0.000717. The van der Waals surface area contributed by atoms with E-state index in [2.05, 4.69) is 22.3 Å². The quantitative estimate of drug-likeness (QED) is 0.741. The average molecular weight is 461 g/mol. The Morgan fingerprint density at radius 3 is 2.64 bits per heavy atom. The largest absolute Gasteiger partial charge is 0.355 e. The highest BCUT2D eigenvalue weighted by atomic mass is 19.1. The third-order valence-corrected chi connectivity index (χ3v) is 6.94. The summed E-state index contributed by atoms with van der Waals surface area (Å²) < 4.78 is 32.4. The summed E-state index contributed by atoms with van der Waals surface area (Å²) in [5.74, 6) is -1.75. The van der Waals surface area contributed by atoms with E-state index < -0.39 is 17.5 Å². The van der Waals surface area contributed by atoms with Gasteiger partial charge in [-0.1, -0.05) is 18.5 Å². The van der Waals surface area contributed by atoms with Crippen LogP contribution in [0.4, 0.5) is 8.78 Å². The van der Waals surface area contributed by atoms with E-state index >= 15 is 0 Å². The van der Waals surface area contributed by atoms with Crippen LogP contribution in [-0.4, -0.2) is 66.0 Å². The molecule has 2 aliphatic rings. The van der Waals surface area contributed by atoms with Crippen LogP contribution in [0.5, 0.6) is 0 Å². The van der Waals surface area contributed by atoms with Crippen molar-refractivity contribution in [1.29, 1.82) is 0 Å². The van der Waals surface area contributed by atoms with E-state index in [0.29, 0.717) is 24.9 Å². The summed E-state index contributed by atoms with van der Waals surface area (Å²) in [5, 5.41) is 6.70. The molecular weight excluding hydrogens is 430 g/mol. The summed E-state index contributed by atoms with van der Waals surface area (Å²) in [6, 6.07) is 4.54. The zero-order chi connectivity index (χ0) is 23.7. The molecule has 2 amide bonds. The van der Waals surface area contributed by atoms with E-state index in [9.17, 15) is 18.4 Å². The van der Waals surface area contributed by atoms with Crippen LogP contribution in [0.15, 0.2) is 28.8 Å². The summed E-state index contributed by atoms with van der Waals surface area (Å²) >= 11 is 0. The van der Waals surface area contributed by atoms with Crippen LogP contribution in [0.3, 0.4) is 0 Å².